The van der Waals surface area contributed by atoms with Gasteiger partial charge in [-0.05, 0) is 24.1 Å². The van der Waals surface area contributed by atoms with Crippen LogP contribution in [0.2, 0.25) is 5.02 Å². The lowest BCUT2D eigenvalue weighted by molar-refractivity contribution is -0.130. The summed E-state index contributed by atoms with van der Waals surface area (Å²) in [6.07, 6.45) is 1.21. The van der Waals surface area contributed by atoms with E-state index in [1.165, 1.54) is 0 Å². The van der Waals surface area contributed by atoms with E-state index in [9.17, 15) is 4.79 Å². The second-order valence-corrected chi connectivity index (χ2v) is 4.69. The second kappa shape index (κ2) is 6.62. The maximum atomic E-state index is 11.8. The fourth-order valence-corrected chi connectivity index (χ4v) is 1.73. The van der Waals surface area contributed by atoms with Crippen LogP contribution in [0.25, 0.3) is 0 Å². The Balaban J connectivity index is 2.54. The summed E-state index contributed by atoms with van der Waals surface area (Å²) >= 11 is 5.89. The summed E-state index contributed by atoms with van der Waals surface area (Å²) in [5, 5.41) is 0.689. The van der Waals surface area contributed by atoms with E-state index in [2.05, 4.69) is 0 Å². The molecule has 0 aliphatic heterocycles. The van der Waals surface area contributed by atoms with Gasteiger partial charge in [0.2, 0.25) is 5.91 Å². The minimum Gasteiger partial charge on any atom is -0.341 e. The Bertz CT molecular complexity index is 381. The summed E-state index contributed by atoms with van der Waals surface area (Å²) in [5.74, 6) is 0.0688. The van der Waals surface area contributed by atoms with Crippen LogP contribution in [0.15, 0.2) is 24.3 Å². The third-order valence-electron chi connectivity index (χ3n) is 2.70. The highest BCUT2D eigenvalue weighted by molar-refractivity contribution is 6.30. The molecular weight excluding hydrogens is 236 g/mol. The molecule has 94 valence electrons. The van der Waals surface area contributed by atoms with Crippen LogP contribution in [0.5, 0.6) is 0 Å². The monoisotopic (exact) mass is 254 g/mol. The van der Waals surface area contributed by atoms with Gasteiger partial charge in [-0.3, -0.25) is 4.79 Å². The van der Waals surface area contributed by atoms with Gasteiger partial charge < -0.3 is 10.6 Å². The number of amides is 1. The average Bonchev–Trinajstić information content (AvgIpc) is 2.28. The molecule has 0 radical (unpaired) electrons. The quantitative estimate of drug-likeness (QED) is 0.877. The first-order chi connectivity index (χ1) is 8.02. The molecule has 1 amide bonds. The summed E-state index contributed by atoms with van der Waals surface area (Å²) < 4.78 is 0. The first kappa shape index (κ1) is 14.0. The molecule has 0 heterocycles. The van der Waals surface area contributed by atoms with Crippen LogP contribution < -0.4 is 5.73 Å². The van der Waals surface area contributed by atoms with Crippen molar-refractivity contribution in [1.29, 1.82) is 0 Å². The van der Waals surface area contributed by atoms with Crippen LogP contribution in [0.4, 0.5) is 0 Å². The van der Waals surface area contributed by atoms with E-state index in [4.69, 9.17) is 17.3 Å². The van der Waals surface area contributed by atoms with Crippen molar-refractivity contribution >= 4 is 17.5 Å². The van der Waals surface area contributed by atoms with Crippen LogP contribution >= 0.6 is 11.6 Å². The Hall–Kier alpha value is -1.06. The molecule has 4 heteroatoms. The molecule has 0 saturated carbocycles. The van der Waals surface area contributed by atoms with Crippen molar-refractivity contribution in [3.63, 3.8) is 0 Å². The van der Waals surface area contributed by atoms with Crippen molar-refractivity contribution in [3.05, 3.63) is 34.9 Å². The standard InChI is InChI=1S/C13H19ClN2O/c1-3-12(15)8-13(17)16(2)9-10-5-4-6-11(14)7-10/h4-7,12H,3,8-9,15H2,1-2H3. The van der Waals surface area contributed by atoms with Crippen molar-refractivity contribution in [1.82, 2.24) is 4.90 Å². The van der Waals surface area contributed by atoms with Gasteiger partial charge >= 0.3 is 0 Å². The van der Waals surface area contributed by atoms with E-state index in [1.54, 1.807) is 11.9 Å². The van der Waals surface area contributed by atoms with Gasteiger partial charge in [-0.25, -0.2) is 0 Å². The molecule has 17 heavy (non-hydrogen) atoms. The summed E-state index contributed by atoms with van der Waals surface area (Å²) in [6, 6.07) is 7.47. The van der Waals surface area contributed by atoms with Crippen molar-refractivity contribution in [3.8, 4) is 0 Å². The lowest BCUT2D eigenvalue weighted by Crippen LogP contribution is -2.32. The van der Waals surface area contributed by atoms with Gasteiger partial charge in [0.05, 0.1) is 0 Å². The smallest absolute Gasteiger partial charge is 0.224 e. The number of nitrogens with zero attached hydrogens (tertiary/aromatic N) is 1. The normalized spacial score (nSPS) is 12.2. The molecule has 0 saturated heterocycles. The zero-order valence-corrected chi connectivity index (χ0v) is 11.1. The number of hydrogen-bond acceptors (Lipinski definition) is 2. The lowest BCUT2D eigenvalue weighted by atomic mass is 10.1. The molecule has 0 spiro atoms. The number of carbonyl (C=O) groups is 1. The SMILES string of the molecule is CCC(N)CC(=O)N(C)Cc1cccc(Cl)c1. The van der Waals surface area contributed by atoms with Crippen molar-refractivity contribution < 1.29 is 4.79 Å². The molecule has 1 rings (SSSR count). The molecule has 1 unspecified atom stereocenters. The summed E-state index contributed by atoms with van der Waals surface area (Å²) in [6.45, 7) is 2.55. The third-order valence-corrected chi connectivity index (χ3v) is 2.93. The van der Waals surface area contributed by atoms with Crippen LogP contribution in [0.1, 0.15) is 25.3 Å². The molecule has 1 atom stereocenters. The number of hydrogen-bond donors (Lipinski definition) is 1. The third kappa shape index (κ3) is 4.75. The lowest BCUT2D eigenvalue weighted by Gasteiger charge is -2.19. The van der Waals surface area contributed by atoms with E-state index in [1.807, 2.05) is 31.2 Å². The van der Waals surface area contributed by atoms with Gasteiger partial charge in [-0.1, -0.05) is 30.7 Å². The maximum Gasteiger partial charge on any atom is 0.224 e. The van der Waals surface area contributed by atoms with Gasteiger partial charge in [0.1, 0.15) is 0 Å². The van der Waals surface area contributed by atoms with Crippen LogP contribution in [-0.4, -0.2) is 23.9 Å². The predicted octanol–water partition coefficient (Wildman–Crippen LogP) is 2.43. The summed E-state index contributed by atoms with van der Waals surface area (Å²) in [5.41, 5.74) is 6.79. The molecule has 3 nitrogen and oxygen atoms in total. The zero-order valence-electron chi connectivity index (χ0n) is 10.3. The van der Waals surface area contributed by atoms with Gasteiger partial charge in [0.15, 0.2) is 0 Å². The highest BCUT2D eigenvalue weighted by Gasteiger charge is 2.12. The molecule has 0 aromatic heterocycles. The van der Waals surface area contributed by atoms with Gasteiger partial charge in [0.25, 0.3) is 0 Å². The van der Waals surface area contributed by atoms with Gasteiger partial charge in [-0.15, -0.1) is 0 Å². The van der Waals surface area contributed by atoms with Gasteiger partial charge in [0, 0.05) is 31.1 Å². The Morgan fingerprint density at radius 2 is 2.24 bits per heavy atom. The Morgan fingerprint density at radius 1 is 1.53 bits per heavy atom. The number of rotatable bonds is 5. The van der Waals surface area contributed by atoms with Crippen LogP contribution in [0, 0.1) is 0 Å². The molecule has 0 fully saturated rings. The topological polar surface area (TPSA) is 46.3 Å². The molecule has 0 bridgehead atoms. The molecule has 0 aliphatic carbocycles. The minimum absolute atomic E-state index is 0.0516. The van der Waals surface area contributed by atoms with Gasteiger partial charge in [-0.2, -0.15) is 0 Å². The number of benzene rings is 1. The van der Waals surface area contributed by atoms with Crippen LogP contribution in [0.3, 0.4) is 0 Å². The fourth-order valence-electron chi connectivity index (χ4n) is 1.52. The Kier molecular flexibility index (Phi) is 5.45. The summed E-state index contributed by atoms with van der Waals surface area (Å²) in [4.78, 5) is 13.5. The van der Waals surface area contributed by atoms with Crippen molar-refractivity contribution in [2.75, 3.05) is 7.05 Å². The first-order valence-electron chi connectivity index (χ1n) is 5.77. The second-order valence-electron chi connectivity index (χ2n) is 4.25. The fraction of sp³-hybridized carbons (Fsp3) is 0.462. The van der Waals surface area contributed by atoms with E-state index < -0.39 is 0 Å². The predicted molar refractivity (Wildman–Crippen MR) is 70.8 cm³/mol. The molecular formula is C13H19ClN2O. The zero-order chi connectivity index (χ0) is 12.8. The maximum absolute atomic E-state index is 11.8. The number of carbonyl (C=O) groups excluding carboxylic acids is 1. The van der Waals surface area contributed by atoms with E-state index in [0.29, 0.717) is 18.0 Å². The first-order valence-corrected chi connectivity index (χ1v) is 6.14. The van der Waals surface area contributed by atoms with E-state index >= 15 is 0 Å². The molecule has 1 aromatic carbocycles. The van der Waals surface area contributed by atoms with Crippen molar-refractivity contribution in [2.24, 2.45) is 5.73 Å². The molecule has 1 aromatic rings. The highest BCUT2D eigenvalue weighted by Crippen LogP contribution is 2.12. The molecule has 2 N–H and O–H groups in total. The van der Waals surface area contributed by atoms with E-state index in [0.717, 1.165) is 12.0 Å². The highest BCUT2D eigenvalue weighted by atomic mass is 35.5. The van der Waals surface area contributed by atoms with Crippen molar-refractivity contribution in [2.45, 2.75) is 32.4 Å². The Labute approximate surface area is 108 Å². The largest absolute Gasteiger partial charge is 0.341 e. The molecule has 0 aliphatic rings. The van der Waals surface area contributed by atoms with E-state index in [-0.39, 0.29) is 11.9 Å². The average molecular weight is 255 g/mol. The number of halogens is 1. The number of nitrogens with two attached hydrogens (primary N) is 1. The Morgan fingerprint density at radius 3 is 2.82 bits per heavy atom. The summed E-state index contributed by atoms with van der Waals surface area (Å²) in [7, 11) is 1.78. The minimum atomic E-state index is -0.0516. The van der Waals surface area contributed by atoms with Crippen LogP contribution in [-0.2, 0) is 11.3 Å².